The maximum absolute atomic E-state index is 13.3. The van der Waals surface area contributed by atoms with E-state index in [1.807, 2.05) is 0 Å². The van der Waals surface area contributed by atoms with E-state index in [4.69, 9.17) is 27.9 Å². The van der Waals surface area contributed by atoms with Crippen LogP contribution in [0.4, 0.5) is 4.39 Å². The van der Waals surface area contributed by atoms with E-state index >= 15 is 0 Å². The molecular weight excluding hydrogens is 406 g/mol. The lowest BCUT2D eigenvalue weighted by atomic mass is 10.2. The quantitative estimate of drug-likeness (QED) is 0.498. The summed E-state index contributed by atoms with van der Waals surface area (Å²) in [5, 5.41) is 0.606. The number of nitrogens with zero attached hydrogens (tertiary/aromatic N) is 3. The van der Waals surface area contributed by atoms with Gasteiger partial charge >= 0.3 is 0 Å². The summed E-state index contributed by atoms with van der Waals surface area (Å²) in [6, 6.07) is 10.7. The van der Waals surface area contributed by atoms with Gasteiger partial charge in [-0.3, -0.25) is 9.78 Å². The highest BCUT2D eigenvalue weighted by Crippen LogP contribution is 2.24. The number of aromatic amines is 1. The van der Waals surface area contributed by atoms with Gasteiger partial charge in [-0.1, -0.05) is 29.3 Å². The molecule has 0 aliphatic carbocycles. The number of hydrogen-bond acceptors (Lipinski definition) is 5. The van der Waals surface area contributed by atoms with Gasteiger partial charge in [-0.05, 0) is 30.3 Å². The molecule has 3 heterocycles. The molecule has 4 aromatic rings. The van der Waals surface area contributed by atoms with Crippen molar-refractivity contribution >= 4 is 34.1 Å². The van der Waals surface area contributed by atoms with Crippen molar-refractivity contribution in [2.75, 3.05) is 0 Å². The highest BCUT2D eigenvalue weighted by molar-refractivity contribution is 6.30. The summed E-state index contributed by atoms with van der Waals surface area (Å²) in [4.78, 5) is 28.1. The predicted molar refractivity (Wildman–Crippen MR) is 104 cm³/mol. The van der Waals surface area contributed by atoms with E-state index in [9.17, 15) is 9.18 Å². The lowest BCUT2D eigenvalue weighted by Gasteiger charge is -2.09. The Kier molecular flexibility index (Phi) is 4.93. The van der Waals surface area contributed by atoms with Crippen molar-refractivity contribution in [2.45, 2.75) is 6.61 Å². The SMILES string of the molecule is O=c1[nH]c(COc2ccc(F)c(Cl)c2)nc2c(-c3cccc(Cl)n3)nccc12. The van der Waals surface area contributed by atoms with E-state index in [1.54, 1.807) is 24.3 Å². The second-order valence-corrected chi connectivity index (χ2v) is 6.57. The molecule has 3 aromatic heterocycles. The Morgan fingerprint density at radius 1 is 1.11 bits per heavy atom. The molecule has 0 unspecified atom stereocenters. The Morgan fingerprint density at radius 2 is 1.96 bits per heavy atom. The molecule has 6 nitrogen and oxygen atoms in total. The minimum absolute atomic E-state index is 0.0511. The lowest BCUT2D eigenvalue weighted by molar-refractivity contribution is 0.295. The summed E-state index contributed by atoms with van der Waals surface area (Å²) in [7, 11) is 0. The van der Waals surface area contributed by atoms with Crippen LogP contribution < -0.4 is 10.3 Å². The molecule has 28 heavy (non-hydrogen) atoms. The van der Waals surface area contributed by atoms with Crippen LogP contribution >= 0.6 is 23.2 Å². The summed E-state index contributed by atoms with van der Waals surface area (Å²) in [6.45, 7) is -0.0511. The molecule has 9 heteroatoms. The van der Waals surface area contributed by atoms with Crippen LogP contribution in [0.25, 0.3) is 22.3 Å². The largest absolute Gasteiger partial charge is 0.486 e. The molecule has 0 atom stereocenters. The Balaban J connectivity index is 1.73. The van der Waals surface area contributed by atoms with Crippen molar-refractivity contribution in [2.24, 2.45) is 0 Å². The molecule has 0 saturated heterocycles. The zero-order chi connectivity index (χ0) is 19.7. The van der Waals surface area contributed by atoms with Crippen LogP contribution in [0, 0.1) is 5.82 Å². The van der Waals surface area contributed by atoms with E-state index in [0.29, 0.717) is 33.2 Å². The molecule has 0 amide bonds. The average Bonchev–Trinajstić information content (AvgIpc) is 2.68. The molecule has 0 aliphatic rings. The van der Waals surface area contributed by atoms with Gasteiger partial charge in [-0.25, -0.2) is 14.4 Å². The van der Waals surface area contributed by atoms with Crippen LogP contribution in [0.3, 0.4) is 0 Å². The first-order valence-electron chi connectivity index (χ1n) is 8.10. The van der Waals surface area contributed by atoms with Crippen molar-refractivity contribution in [3.8, 4) is 17.1 Å². The monoisotopic (exact) mass is 416 g/mol. The summed E-state index contributed by atoms with van der Waals surface area (Å²) >= 11 is 11.7. The van der Waals surface area contributed by atoms with Crippen molar-refractivity contribution in [1.29, 1.82) is 0 Å². The van der Waals surface area contributed by atoms with Gasteiger partial charge in [-0.2, -0.15) is 0 Å². The molecule has 140 valence electrons. The Hall–Kier alpha value is -3.03. The minimum Gasteiger partial charge on any atom is -0.486 e. The van der Waals surface area contributed by atoms with Gasteiger partial charge in [0.2, 0.25) is 0 Å². The molecule has 0 fully saturated rings. The number of benzene rings is 1. The van der Waals surface area contributed by atoms with Gasteiger partial charge in [0, 0.05) is 12.3 Å². The fraction of sp³-hybridized carbons (Fsp3) is 0.0526. The number of rotatable bonds is 4. The number of halogens is 3. The van der Waals surface area contributed by atoms with Crippen LogP contribution in [0.5, 0.6) is 5.75 Å². The molecule has 0 radical (unpaired) electrons. The number of ether oxygens (including phenoxy) is 1. The highest BCUT2D eigenvalue weighted by Gasteiger charge is 2.13. The molecule has 0 saturated carbocycles. The van der Waals surface area contributed by atoms with Gasteiger partial charge in [-0.15, -0.1) is 0 Å². The number of fused-ring (bicyclic) bond motifs is 1. The normalized spacial score (nSPS) is 11.0. The first-order chi connectivity index (χ1) is 13.5. The Labute approximate surface area is 168 Å². The average molecular weight is 417 g/mol. The maximum Gasteiger partial charge on any atom is 0.258 e. The predicted octanol–water partition coefficient (Wildman–Crippen LogP) is 4.41. The summed E-state index contributed by atoms with van der Waals surface area (Å²) in [5.74, 6) is 0.0716. The zero-order valence-electron chi connectivity index (χ0n) is 14.1. The number of H-pyrrole nitrogens is 1. The molecular formula is C19H11Cl2FN4O2. The van der Waals surface area contributed by atoms with Crippen molar-refractivity contribution < 1.29 is 9.13 Å². The standard InChI is InChI=1S/C19H11Cl2FN4O2/c20-12-8-10(4-5-13(12)22)28-9-16-25-17-11(19(27)26-16)6-7-23-18(17)14-2-1-3-15(21)24-14/h1-8H,9H2,(H,25,26,27). The van der Waals surface area contributed by atoms with E-state index < -0.39 is 5.82 Å². The van der Waals surface area contributed by atoms with Gasteiger partial charge in [0.1, 0.15) is 40.4 Å². The van der Waals surface area contributed by atoms with Gasteiger partial charge < -0.3 is 9.72 Å². The van der Waals surface area contributed by atoms with Gasteiger partial charge in [0.05, 0.1) is 16.1 Å². The molecule has 4 rings (SSSR count). The van der Waals surface area contributed by atoms with Crippen LogP contribution in [0.15, 0.2) is 53.5 Å². The zero-order valence-corrected chi connectivity index (χ0v) is 15.6. The Morgan fingerprint density at radius 3 is 2.75 bits per heavy atom. The second kappa shape index (κ2) is 7.53. The van der Waals surface area contributed by atoms with Crippen molar-refractivity contribution in [3.63, 3.8) is 0 Å². The first kappa shape index (κ1) is 18.3. The molecule has 1 aromatic carbocycles. The summed E-state index contributed by atoms with van der Waals surface area (Å²) in [6.07, 6.45) is 1.51. The Bertz CT molecular complexity index is 1250. The smallest absolute Gasteiger partial charge is 0.258 e. The number of nitrogens with one attached hydrogen (secondary N) is 1. The van der Waals surface area contributed by atoms with Crippen LogP contribution in [-0.2, 0) is 6.61 Å². The van der Waals surface area contributed by atoms with Crippen LogP contribution in [-0.4, -0.2) is 19.9 Å². The fourth-order valence-electron chi connectivity index (χ4n) is 2.63. The molecule has 0 bridgehead atoms. The van der Waals surface area contributed by atoms with Crippen LogP contribution in [0.2, 0.25) is 10.2 Å². The summed E-state index contributed by atoms with van der Waals surface area (Å²) < 4.78 is 18.8. The van der Waals surface area contributed by atoms with E-state index in [2.05, 4.69) is 19.9 Å². The molecule has 1 N–H and O–H groups in total. The molecule has 0 aliphatic heterocycles. The van der Waals surface area contributed by atoms with Gasteiger partial charge in [0.15, 0.2) is 0 Å². The molecule has 0 spiro atoms. The summed E-state index contributed by atoms with van der Waals surface area (Å²) in [5.41, 5.74) is 0.953. The van der Waals surface area contributed by atoms with E-state index in [-0.39, 0.29) is 23.0 Å². The number of aromatic nitrogens is 4. The topological polar surface area (TPSA) is 80.8 Å². The third-order valence-electron chi connectivity index (χ3n) is 3.90. The fourth-order valence-corrected chi connectivity index (χ4v) is 2.96. The van der Waals surface area contributed by atoms with E-state index in [0.717, 1.165) is 0 Å². The minimum atomic E-state index is -0.545. The number of pyridine rings is 2. The van der Waals surface area contributed by atoms with Gasteiger partial charge in [0.25, 0.3) is 5.56 Å². The van der Waals surface area contributed by atoms with Crippen molar-refractivity contribution in [3.05, 3.63) is 80.8 Å². The maximum atomic E-state index is 13.3. The number of hydrogen-bond donors (Lipinski definition) is 1. The first-order valence-corrected chi connectivity index (χ1v) is 8.85. The third-order valence-corrected chi connectivity index (χ3v) is 4.40. The van der Waals surface area contributed by atoms with E-state index in [1.165, 1.54) is 24.4 Å². The second-order valence-electron chi connectivity index (χ2n) is 5.78. The van der Waals surface area contributed by atoms with Crippen molar-refractivity contribution in [1.82, 2.24) is 19.9 Å². The lowest BCUT2D eigenvalue weighted by Crippen LogP contribution is -2.14. The van der Waals surface area contributed by atoms with Crippen LogP contribution in [0.1, 0.15) is 5.82 Å². The third kappa shape index (κ3) is 3.67. The highest BCUT2D eigenvalue weighted by atomic mass is 35.5.